The topological polar surface area (TPSA) is 61.4 Å². The lowest BCUT2D eigenvalue weighted by molar-refractivity contribution is 0.199. The highest BCUT2D eigenvalue weighted by molar-refractivity contribution is 9.10. The summed E-state index contributed by atoms with van der Waals surface area (Å²) in [6.07, 6.45) is -0.530. The molecule has 0 saturated heterocycles. The molecule has 3 N–H and O–H groups in total. The minimum Gasteiger partial charge on any atom is -0.389 e. The summed E-state index contributed by atoms with van der Waals surface area (Å²) >= 11 is 9.25. The van der Waals surface area contributed by atoms with Gasteiger partial charge in [-0.2, -0.15) is 0 Å². The molecule has 4 nitrogen and oxygen atoms in total. The van der Waals surface area contributed by atoms with Crippen molar-refractivity contribution in [2.24, 2.45) is 0 Å². The summed E-state index contributed by atoms with van der Waals surface area (Å²) in [7, 11) is 0. The maximum atomic E-state index is 11.9. The first-order chi connectivity index (χ1) is 9.95. The van der Waals surface area contributed by atoms with Crippen molar-refractivity contribution in [2.45, 2.75) is 13.0 Å². The fraction of sp³-hybridized carbons (Fsp3) is 0.133. The summed E-state index contributed by atoms with van der Waals surface area (Å²) in [4.78, 5) is 11.9. The number of aliphatic hydroxyl groups is 1. The molecule has 0 bridgehead atoms. The highest BCUT2D eigenvalue weighted by Gasteiger charge is 2.05. The van der Waals surface area contributed by atoms with Crippen LogP contribution in [0.5, 0.6) is 0 Å². The van der Waals surface area contributed by atoms with Crippen molar-refractivity contribution >= 4 is 44.9 Å². The van der Waals surface area contributed by atoms with Gasteiger partial charge in [-0.3, -0.25) is 0 Å². The number of nitrogens with one attached hydrogen (secondary N) is 2. The average Bonchev–Trinajstić information content (AvgIpc) is 2.43. The van der Waals surface area contributed by atoms with Gasteiger partial charge in [-0.05, 0) is 58.7 Å². The van der Waals surface area contributed by atoms with E-state index in [1.54, 1.807) is 49.4 Å². The maximum Gasteiger partial charge on any atom is 0.323 e. The van der Waals surface area contributed by atoms with Crippen LogP contribution in [0, 0.1) is 0 Å². The molecule has 2 aromatic rings. The number of anilines is 2. The molecule has 2 aromatic carbocycles. The smallest absolute Gasteiger partial charge is 0.323 e. The molecule has 1 atom stereocenters. The van der Waals surface area contributed by atoms with E-state index in [-0.39, 0.29) is 6.03 Å². The molecule has 0 aromatic heterocycles. The first kappa shape index (κ1) is 15.8. The van der Waals surface area contributed by atoms with E-state index in [0.29, 0.717) is 16.4 Å². The van der Waals surface area contributed by atoms with Gasteiger partial charge in [-0.1, -0.05) is 23.7 Å². The Morgan fingerprint density at radius 1 is 1.14 bits per heavy atom. The Hall–Kier alpha value is -1.56. The second kappa shape index (κ2) is 6.93. The van der Waals surface area contributed by atoms with E-state index in [2.05, 4.69) is 26.6 Å². The number of benzene rings is 2. The van der Waals surface area contributed by atoms with Crippen LogP contribution in [0.3, 0.4) is 0 Å². The molecule has 0 radical (unpaired) electrons. The van der Waals surface area contributed by atoms with E-state index in [4.69, 9.17) is 11.6 Å². The zero-order chi connectivity index (χ0) is 15.4. The summed E-state index contributed by atoms with van der Waals surface area (Å²) in [5.74, 6) is 0. The van der Waals surface area contributed by atoms with Gasteiger partial charge in [0.1, 0.15) is 0 Å². The van der Waals surface area contributed by atoms with Gasteiger partial charge in [0.2, 0.25) is 0 Å². The number of hydrogen-bond donors (Lipinski definition) is 3. The summed E-state index contributed by atoms with van der Waals surface area (Å²) in [5.41, 5.74) is 2.03. The number of halogens is 2. The standard InChI is InChI=1S/C15H14BrClN2O2/c1-9(20)10-2-4-11(5-3-10)18-15(21)19-12-6-7-13(16)14(17)8-12/h2-9,20H,1H3,(H2,18,19,21). The Balaban J connectivity index is 1.99. The molecule has 0 heterocycles. The number of urea groups is 1. The number of carbonyl (C=O) groups excluding carboxylic acids is 1. The van der Waals surface area contributed by atoms with Gasteiger partial charge in [0.25, 0.3) is 0 Å². The molecule has 21 heavy (non-hydrogen) atoms. The van der Waals surface area contributed by atoms with E-state index in [1.165, 1.54) is 0 Å². The van der Waals surface area contributed by atoms with Crippen molar-refractivity contribution in [3.63, 3.8) is 0 Å². The first-order valence-corrected chi connectivity index (χ1v) is 7.44. The van der Waals surface area contributed by atoms with E-state index >= 15 is 0 Å². The van der Waals surface area contributed by atoms with Crippen molar-refractivity contribution < 1.29 is 9.90 Å². The molecule has 0 saturated carbocycles. The predicted molar refractivity (Wildman–Crippen MR) is 88.9 cm³/mol. The normalized spacial score (nSPS) is 11.8. The van der Waals surface area contributed by atoms with E-state index in [0.717, 1.165) is 10.0 Å². The van der Waals surface area contributed by atoms with Gasteiger partial charge < -0.3 is 15.7 Å². The van der Waals surface area contributed by atoms with Crippen LogP contribution >= 0.6 is 27.5 Å². The highest BCUT2D eigenvalue weighted by atomic mass is 79.9. The number of aliphatic hydroxyl groups excluding tert-OH is 1. The molecule has 6 heteroatoms. The molecule has 0 aliphatic carbocycles. The Kier molecular flexibility index (Phi) is 5.22. The van der Waals surface area contributed by atoms with Crippen molar-refractivity contribution in [2.75, 3.05) is 10.6 Å². The van der Waals surface area contributed by atoms with Crippen LogP contribution in [0.1, 0.15) is 18.6 Å². The predicted octanol–water partition coefficient (Wildman–Crippen LogP) is 4.80. The maximum absolute atomic E-state index is 11.9. The Morgan fingerprint density at radius 2 is 1.71 bits per heavy atom. The zero-order valence-electron chi connectivity index (χ0n) is 11.2. The Morgan fingerprint density at radius 3 is 2.29 bits per heavy atom. The number of rotatable bonds is 3. The molecule has 2 amide bonds. The van der Waals surface area contributed by atoms with Gasteiger partial charge >= 0.3 is 6.03 Å². The minimum absolute atomic E-state index is 0.363. The van der Waals surface area contributed by atoms with Crippen LogP contribution in [0.15, 0.2) is 46.9 Å². The summed E-state index contributed by atoms with van der Waals surface area (Å²) in [6, 6.07) is 11.8. The SMILES string of the molecule is CC(O)c1ccc(NC(=O)Nc2ccc(Br)c(Cl)c2)cc1. The van der Waals surface area contributed by atoms with Crippen LogP contribution < -0.4 is 10.6 Å². The minimum atomic E-state index is -0.530. The first-order valence-electron chi connectivity index (χ1n) is 6.27. The molecular weight excluding hydrogens is 356 g/mol. The molecule has 0 aliphatic heterocycles. The lowest BCUT2D eigenvalue weighted by Gasteiger charge is -2.10. The molecule has 0 fully saturated rings. The lowest BCUT2D eigenvalue weighted by atomic mass is 10.1. The van der Waals surface area contributed by atoms with E-state index in [9.17, 15) is 9.90 Å². The molecule has 0 aliphatic rings. The van der Waals surface area contributed by atoms with Gasteiger partial charge in [-0.25, -0.2) is 4.79 Å². The largest absolute Gasteiger partial charge is 0.389 e. The molecular formula is C15H14BrClN2O2. The Bertz CT molecular complexity index is 645. The monoisotopic (exact) mass is 368 g/mol. The molecule has 0 spiro atoms. The van der Waals surface area contributed by atoms with Gasteiger partial charge in [0.15, 0.2) is 0 Å². The van der Waals surface area contributed by atoms with Crippen LogP contribution in [0.2, 0.25) is 5.02 Å². The molecule has 2 rings (SSSR count). The lowest BCUT2D eigenvalue weighted by Crippen LogP contribution is -2.19. The van der Waals surface area contributed by atoms with Gasteiger partial charge in [0.05, 0.1) is 11.1 Å². The summed E-state index contributed by atoms with van der Waals surface area (Å²) < 4.78 is 0.767. The van der Waals surface area contributed by atoms with E-state index < -0.39 is 6.10 Å². The van der Waals surface area contributed by atoms with Crippen LogP contribution in [-0.4, -0.2) is 11.1 Å². The number of amides is 2. The van der Waals surface area contributed by atoms with Crippen molar-refractivity contribution in [1.29, 1.82) is 0 Å². The third-order valence-corrected chi connectivity index (χ3v) is 4.06. The Labute approximate surface area is 136 Å². The highest BCUT2D eigenvalue weighted by Crippen LogP contribution is 2.25. The van der Waals surface area contributed by atoms with Crippen molar-refractivity contribution in [1.82, 2.24) is 0 Å². The molecule has 1 unspecified atom stereocenters. The molecule has 110 valence electrons. The van der Waals surface area contributed by atoms with E-state index in [1.807, 2.05) is 0 Å². The third-order valence-electron chi connectivity index (χ3n) is 2.83. The van der Waals surface area contributed by atoms with Crippen molar-refractivity contribution in [3.05, 3.63) is 57.5 Å². The fourth-order valence-electron chi connectivity index (χ4n) is 1.71. The van der Waals surface area contributed by atoms with Crippen LogP contribution in [0.4, 0.5) is 16.2 Å². The second-order valence-electron chi connectivity index (χ2n) is 4.51. The van der Waals surface area contributed by atoms with Gasteiger partial charge in [-0.15, -0.1) is 0 Å². The van der Waals surface area contributed by atoms with Crippen LogP contribution in [0.25, 0.3) is 0 Å². The number of hydrogen-bond acceptors (Lipinski definition) is 2. The number of carbonyl (C=O) groups is 1. The average molecular weight is 370 g/mol. The summed E-state index contributed by atoms with van der Waals surface area (Å²) in [5, 5.41) is 15.3. The third kappa shape index (κ3) is 4.46. The van der Waals surface area contributed by atoms with Crippen LogP contribution in [-0.2, 0) is 0 Å². The summed E-state index contributed by atoms with van der Waals surface area (Å²) in [6.45, 7) is 1.69. The fourth-order valence-corrected chi connectivity index (χ4v) is 2.14. The van der Waals surface area contributed by atoms with Gasteiger partial charge in [0, 0.05) is 15.8 Å². The second-order valence-corrected chi connectivity index (χ2v) is 5.77. The van der Waals surface area contributed by atoms with Crippen molar-refractivity contribution in [3.8, 4) is 0 Å². The zero-order valence-corrected chi connectivity index (χ0v) is 13.6. The quantitative estimate of drug-likeness (QED) is 0.728.